The lowest BCUT2D eigenvalue weighted by Crippen LogP contribution is -2.14. The minimum atomic E-state index is 0.811. The topological polar surface area (TPSA) is 21.3 Å². The Labute approximate surface area is 143 Å². The highest BCUT2D eigenvalue weighted by molar-refractivity contribution is 9.10. The molecule has 4 heteroatoms. The van der Waals surface area contributed by atoms with E-state index in [1.807, 2.05) is 30.3 Å². The highest BCUT2D eigenvalue weighted by Gasteiger charge is 2.07. The maximum absolute atomic E-state index is 6.07. The molecule has 0 saturated carbocycles. The average Bonchev–Trinajstić information content (AvgIpc) is 2.45. The lowest BCUT2D eigenvalue weighted by molar-refractivity contribution is 0.472. The molecule has 1 N–H and O–H groups in total. The highest BCUT2D eigenvalue weighted by Crippen LogP contribution is 2.30. The second kappa shape index (κ2) is 7.97. The van der Waals surface area contributed by atoms with Crippen LogP contribution >= 0.6 is 31.9 Å². The normalized spacial score (nSPS) is 10.7. The molecule has 2 nitrogen and oxygen atoms in total. The van der Waals surface area contributed by atoms with Gasteiger partial charge in [0.15, 0.2) is 0 Å². The molecule has 0 amide bonds. The molecule has 0 aromatic heterocycles. The maximum atomic E-state index is 6.07. The van der Waals surface area contributed by atoms with Crippen molar-refractivity contribution in [1.29, 1.82) is 0 Å². The van der Waals surface area contributed by atoms with Crippen molar-refractivity contribution in [2.45, 2.75) is 26.8 Å². The summed E-state index contributed by atoms with van der Waals surface area (Å²) in [6.45, 7) is 6.04. The van der Waals surface area contributed by atoms with Crippen molar-refractivity contribution in [2.24, 2.45) is 0 Å². The van der Waals surface area contributed by atoms with Crippen LogP contribution in [0.5, 0.6) is 11.5 Å². The monoisotopic (exact) mass is 411 g/mol. The summed E-state index contributed by atoms with van der Waals surface area (Å²) in [5.41, 5.74) is 2.32. The number of nitrogens with one attached hydrogen (secondary N) is 1. The van der Waals surface area contributed by atoms with Gasteiger partial charge in [-0.05, 0) is 55.8 Å². The average molecular weight is 413 g/mol. The number of benzene rings is 2. The number of halogens is 2. The molecule has 2 aromatic rings. The summed E-state index contributed by atoms with van der Waals surface area (Å²) in [4.78, 5) is 0. The molecular formula is C17H19Br2NO. The van der Waals surface area contributed by atoms with Crippen LogP contribution < -0.4 is 10.1 Å². The summed E-state index contributed by atoms with van der Waals surface area (Å²) in [6, 6.07) is 12.2. The van der Waals surface area contributed by atoms with Crippen LogP contribution in [0, 0.1) is 6.92 Å². The predicted octanol–water partition coefficient (Wildman–Crippen LogP) is 5.81. The fraction of sp³-hybridized carbons (Fsp3) is 0.294. The molecule has 0 heterocycles. The van der Waals surface area contributed by atoms with E-state index < -0.39 is 0 Å². The van der Waals surface area contributed by atoms with E-state index >= 15 is 0 Å². The fourth-order valence-electron chi connectivity index (χ4n) is 1.98. The summed E-state index contributed by atoms with van der Waals surface area (Å²) < 4.78 is 8.18. The molecule has 112 valence electrons. The first kappa shape index (κ1) is 16.5. The van der Waals surface area contributed by atoms with Crippen molar-refractivity contribution in [1.82, 2.24) is 5.32 Å². The maximum Gasteiger partial charge on any atom is 0.133 e. The third kappa shape index (κ3) is 4.83. The second-order valence-corrected chi connectivity index (χ2v) is 6.71. The van der Waals surface area contributed by atoms with Gasteiger partial charge in [0.2, 0.25) is 0 Å². The van der Waals surface area contributed by atoms with E-state index in [-0.39, 0.29) is 0 Å². The molecule has 0 fully saturated rings. The van der Waals surface area contributed by atoms with Gasteiger partial charge in [-0.1, -0.05) is 44.8 Å². The third-order valence-electron chi connectivity index (χ3n) is 3.13. The van der Waals surface area contributed by atoms with E-state index in [0.29, 0.717) is 0 Å². The van der Waals surface area contributed by atoms with Gasteiger partial charge in [-0.3, -0.25) is 0 Å². The number of rotatable bonds is 6. The van der Waals surface area contributed by atoms with Crippen LogP contribution in [-0.2, 0) is 6.54 Å². The van der Waals surface area contributed by atoms with Crippen molar-refractivity contribution in [2.75, 3.05) is 6.54 Å². The lowest BCUT2D eigenvalue weighted by Gasteiger charge is -2.13. The SMILES string of the molecule is CCCNCc1ccc(Br)cc1Oc1ccc(Br)c(C)c1. The van der Waals surface area contributed by atoms with Crippen molar-refractivity contribution in [3.05, 3.63) is 56.5 Å². The molecule has 0 aliphatic rings. The molecule has 0 aliphatic carbocycles. The van der Waals surface area contributed by atoms with Gasteiger partial charge in [-0.15, -0.1) is 0 Å². The predicted molar refractivity (Wildman–Crippen MR) is 95.1 cm³/mol. The number of hydrogen-bond donors (Lipinski definition) is 1. The van der Waals surface area contributed by atoms with Gasteiger partial charge in [0.25, 0.3) is 0 Å². The molecule has 2 aromatic carbocycles. The number of ether oxygens (including phenoxy) is 1. The van der Waals surface area contributed by atoms with Gasteiger partial charge < -0.3 is 10.1 Å². The van der Waals surface area contributed by atoms with Crippen LogP contribution in [0.2, 0.25) is 0 Å². The Hall–Kier alpha value is -0.840. The first-order valence-corrected chi connectivity index (χ1v) is 8.62. The third-order valence-corrected chi connectivity index (χ3v) is 4.51. The molecule has 0 aliphatic heterocycles. The van der Waals surface area contributed by atoms with Crippen molar-refractivity contribution < 1.29 is 4.74 Å². The largest absolute Gasteiger partial charge is 0.457 e. The van der Waals surface area contributed by atoms with E-state index in [4.69, 9.17) is 4.74 Å². The second-order valence-electron chi connectivity index (χ2n) is 4.94. The molecule has 2 rings (SSSR count). The van der Waals surface area contributed by atoms with Gasteiger partial charge in [0.05, 0.1) is 0 Å². The van der Waals surface area contributed by atoms with Crippen LogP contribution in [0.3, 0.4) is 0 Å². The van der Waals surface area contributed by atoms with Crippen LogP contribution in [0.25, 0.3) is 0 Å². The van der Waals surface area contributed by atoms with Crippen molar-refractivity contribution >= 4 is 31.9 Å². The minimum absolute atomic E-state index is 0.811. The number of hydrogen-bond acceptors (Lipinski definition) is 2. The number of aryl methyl sites for hydroxylation is 1. The van der Waals surface area contributed by atoms with E-state index in [1.54, 1.807) is 0 Å². The summed E-state index contributed by atoms with van der Waals surface area (Å²) in [5, 5.41) is 3.41. The van der Waals surface area contributed by atoms with Crippen molar-refractivity contribution in [3.63, 3.8) is 0 Å². The van der Waals surface area contributed by atoms with Crippen LogP contribution in [0.4, 0.5) is 0 Å². The van der Waals surface area contributed by atoms with Gasteiger partial charge >= 0.3 is 0 Å². The molecule has 21 heavy (non-hydrogen) atoms. The summed E-state index contributed by atoms with van der Waals surface area (Å²) in [6.07, 6.45) is 1.12. The Bertz CT molecular complexity index is 614. The smallest absolute Gasteiger partial charge is 0.133 e. The Kier molecular flexibility index (Phi) is 6.27. The molecule has 0 atom stereocenters. The fourth-order valence-corrected chi connectivity index (χ4v) is 2.56. The van der Waals surface area contributed by atoms with E-state index in [1.165, 1.54) is 0 Å². The lowest BCUT2D eigenvalue weighted by atomic mass is 10.2. The first-order valence-electron chi connectivity index (χ1n) is 7.03. The standard InChI is InChI=1S/C17H19Br2NO/c1-3-8-20-11-13-4-5-14(18)10-17(13)21-15-6-7-16(19)12(2)9-15/h4-7,9-10,20H,3,8,11H2,1-2H3. The molecular weight excluding hydrogens is 394 g/mol. The first-order chi connectivity index (χ1) is 10.1. The summed E-state index contributed by atoms with van der Waals surface area (Å²) >= 11 is 7.02. The zero-order valence-corrected chi connectivity index (χ0v) is 15.4. The zero-order chi connectivity index (χ0) is 15.2. The highest BCUT2D eigenvalue weighted by atomic mass is 79.9. The van der Waals surface area contributed by atoms with E-state index in [2.05, 4.69) is 57.1 Å². The van der Waals surface area contributed by atoms with Crippen molar-refractivity contribution in [3.8, 4) is 11.5 Å². The molecule has 0 radical (unpaired) electrons. The zero-order valence-electron chi connectivity index (χ0n) is 12.2. The van der Waals surface area contributed by atoms with Gasteiger partial charge in [-0.25, -0.2) is 0 Å². The Morgan fingerprint density at radius 1 is 1.10 bits per heavy atom. The molecule has 0 unspecified atom stereocenters. The van der Waals surface area contributed by atoms with Gasteiger partial charge in [0, 0.05) is 21.1 Å². The van der Waals surface area contributed by atoms with E-state index in [9.17, 15) is 0 Å². The molecule has 0 spiro atoms. The van der Waals surface area contributed by atoms with Gasteiger partial charge in [0.1, 0.15) is 11.5 Å². The summed E-state index contributed by atoms with van der Waals surface area (Å²) in [7, 11) is 0. The van der Waals surface area contributed by atoms with Gasteiger partial charge in [-0.2, -0.15) is 0 Å². The Balaban J connectivity index is 2.20. The summed E-state index contributed by atoms with van der Waals surface area (Å²) in [5.74, 6) is 1.74. The molecule has 0 saturated heterocycles. The van der Waals surface area contributed by atoms with E-state index in [0.717, 1.165) is 51.1 Å². The van der Waals surface area contributed by atoms with Crippen LogP contribution in [-0.4, -0.2) is 6.54 Å². The molecule has 0 bridgehead atoms. The quantitative estimate of drug-likeness (QED) is 0.604. The van der Waals surface area contributed by atoms with Crippen LogP contribution in [0.15, 0.2) is 45.3 Å². The Morgan fingerprint density at radius 2 is 1.90 bits per heavy atom. The van der Waals surface area contributed by atoms with Crippen LogP contribution in [0.1, 0.15) is 24.5 Å². The minimum Gasteiger partial charge on any atom is -0.457 e. The Morgan fingerprint density at radius 3 is 2.62 bits per heavy atom.